The topological polar surface area (TPSA) is 59.0 Å². The zero-order valence-electron chi connectivity index (χ0n) is 16.6. The van der Waals surface area contributed by atoms with Crippen LogP contribution >= 0.6 is 0 Å². The third-order valence-electron chi connectivity index (χ3n) is 4.92. The first-order valence-electron chi connectivity index (χ1n) is 9.70. The predicted octanol–water partition coefficient (Wildman–Crippen LogP) is 4.90. The molecule has 0 aliphatic rings. The molecule has 2 N–H and O–H groups in total. The second-order valence-corrected chi connectivity index (χ2v) is 7.22. The minimum atomic E-state index is -0.0791. The predicted molar refractivity (Wildman–Crippen MR) is 118 cm³/mol. The van der Waals surface area contributed by atoms with E-state index in [4.69, 9.17) is 4.98 Å². The highest BCUT2D eigenvalue weighted by atomic mass is 16.2. The molecule has 1 amide bonds. The summed E-state index contributed by atoms with van der Waals surface area (Å²) < 4.78 is 1.93. The maximum absolute atomic E-state index is 12.8. The molecule has 1 aromatic heterocycles. The maximum Gasteiger partial charge on any atom is 0.244 e. The van der Waals surface area contributed by atoms with E-state index < -0.39 is 0 Å². The first kappa shape index (κ1) is 18.7. The number of rotatable bonds is 6. The lowest BCUT2D eigenvalue weighted by Gasteiger charge is -2.13. The van der Waals surface area contributed by atoms with E-state index in [1.807, 2.05) is 79.1 Å². The summed E-state index contributed by atoms with van der Waals surface area (Å²) in [5.41, 5.74) is 5.96. The fourth-order valence-corrected chi connectivity index (χ4v) is 3.35. The van der Waals surface area contributed by atoms with Gasteiger partial charge in [-0.25, -0.2) is 4.98 Å². The van der Waals surface area contributed by atoms with Crippen molar-refractivity contribution < 1.29 is 4.79 Å². The number of hydrogen-bond donors (Lipinski definition) is 2. The van der Waals surface area contributed by atoms with Gasteiger partial charge in [0.2, 0.25) is 11.9 Å². The molecule has 5 nitrogen and oxygen atoms in total. The molecule has 0 aliphatic heterocycles. The summed E-state index contributed by atoms with van der Waals surface area (Å²) >= 11 is 0. The molecule has 4 rings (SSSR count). The Labute approximate surface area is 170 Å². The smallest absolute Gasteiger partial charge is 0.244 e. The number of carbonyl (C=O) groups excluding carboxylic acids is 1. The summed E-state index contributed by atoms with van der Waals surface area (Å²) in [6.45, 7) is 4.84. The number of aryl methyl sites for hydroxylation is 2. The average Bonchev–Trinajstić information content (AvgIpc) is 3.07. The molecular formula is C24H24N4O. The van der Waals surface area contributed by atoms with Crippen LogP contribution < -0.4 is 10.6 Å². The fourth-order valence-electron chi connectivity index (χ4n) is 3.35. The van der Waals surface area contributed by atoms with Gasteiger partial charge in [-0.1, -0.05) is 54.6 Å². The van der Waals surface area contributed by atoms with E-state index >= 15 is 0 Å². The monoisotopic (exact) mass is 384 g/mol. The van der Waals surface area contributed by atoms with Gasteiger partial charge in [-0.15, -0.1) is 0 Å². The third-order valence-corrected chi connectivity index (χ3v) is 4.92. The molecule has 29 heavy (non-hydrogen) atoms. The SMILES string of the molecule is Cc1ccc(C)c(NC(=O)Cn2c(NCc3ccccc3)nc3ccccc32)c1. The number of nitrogens with zero attached hydrogens (tertiary/aromatic N) is 2. The maximum atomic E-state index is 12.8. The molecule has 0 saturated heterocycles. The lowest BCUT2D eigenvalue weighted by molar-refractivity contribution is -0.116. The Morgan fingerprint density at radius 1 is 0.966 bits per heavy atom. The number of aromatic nitrogens is 2. The molecule has 0 unspecified atom stereocenters. The van der Waals surface area contributed by atoms with Crippen molar-refractivity contribution in [2.75, 3.05) is 10.6 Å². The Balaban J connectivity index is 1.58. The number of anilines is 2. The van der Waals surface area contributed by atoms with Crippen molar-refractivity contribution in [1.82, 2.24) is 9.55 Å². The van der Waals surface area contributed by atoms with Gasteiger partial charge in [-0.2, -0.15) is 0 Å². The van der Waals surface area contributed by atoms with Crippen LogP contribution in [0.25, 0.3) is 11.0 Å². The molecule has 0 bridgehead atoms. The van der Waals surface area contributed by atoms with E-state index in [9.17, 15) is 4.79 Å². The van der Waals surface area contributed by atoms with Crippen LogP contribution in [-0.2, 0) is 17.9 Å². The second-order valence-electron chi connectivity index (χ2n) is 7.22. The van der Waals surface area contributed by atoms with Crippen LogP contribution in [0.1, 0.15) is 16.7 Å². The van der Waals surface area contributed by atoms with Crippen molar-refractivity contribution in [3.63, 3.8) is 0 Å². The van der Waals surface area contributed by atoms with Gasteiger partial charge in [-0.3, -0.25) is 4.79 Å². The van der Waals surface area contributed by atoms with Gasteiger partial charge in [0.15, 0.2) is 0 Å². The fraction of sp³-hybridized carbons (Fsp3) is 0.167. The number of imidazole rings is 1. The Hall–Kier alpha value is -3.60. The van der Waals surface area contributed by atoms with E-state index in [1.165, 1.54) is 0 Å². The van der Waals surface area contributed by atoms with E-state index in [1.54, 1.807) is 0 Å². The Kier molecular flexibility index (Phi) is 5.29. The minimum absolute atomic E-state index is 0.0791. The van der Waals surface area contributed by atoms with Gasteiger partial charge in [-0.05, 0) is 48.7 Å². The quantitative estimate of drug-likeness (QED) is 0.497. The highest BCUT2D eigenvalue weighted by Gasteiger charge is 2.14. The number of amides is 1. The molecule has 0 fully saturated rings. The number of hydrogen-bond acceptors (Lipinski definition) is 3. The first-order chi connectivity index (χ1) is 14.1. The summed E-state index contributed by atoms with van der Waals surface area (Å²) in [6.07, 6.45) is 0. The van der Waals surface area contributed by atoms with Crippen LogP contribution in [0.5, 0.6) is 0 Å². The molecule has 0 aliphatic carbocycles. The number of para-hydroxylation sites is 2. The molecule has 1 heterocycles. The van der Waals surface area contributed by atoms with Crippen LogP contribution in [0, 0.1) is 13.8 Å². The molecule has 4 aromatic rings. The van der Waals surface area contributed by atoms with Gasteiger partial charge < -0.3 is 15.2 Å². The molecule has 0 radical (unpaired) electrons. The standard InChI is InChI=1S/C24H24N4O/c1-17-12-13-18(2)21(14-17)26-23(29)16-28-22-11-7-6-10-20(22)27-24(28)25-15-19-8-4-3-5-9-19/h3-14H,15-16H2,1-2H3,(H,25,27)(H,26,29). The second kappa shape index (κ2) is 8.19. The van der Waals surface area contributed by atoms with Crippen LogP contribution in [0.4, 0.5) is 11.6 Å². The Morgan fingerprint density at radius 3 is 2.55 bits per heavy atom. The van der Waals surface area contributed by atoms with Gasteiger partial charge in [0, 0.05) is 12.2 Å². The third kappa shape index (κ3) is 4.29. The number of fused-ring (bicyclic) bond motifs is 1. The van der Waals surface area contributed by atoms with E-state index in [0.29, 0.717) is 12.5 Å². The van der Waals surface area contributed by atoms with Gasteiger partial charge in [0.05, 0.1) is 11.0 Å². The molecule has 5 heteroatoms. The molecule has 0 spiro atoms. The molecule has 0 atom stereocenters. The summed E-state index contributed by atoms with van der Waals surface area (Å²) in [6, 6.07) is 24.1. The summed E-state index contributed by atoms with van der Waals surface area (Å²) in [4.78, 5) is 17.5. The average molecular weight is 384 g/mol. The summed E-state index contributed by atoms with van der Waals surface area (Å²) in [5, 5.41) is 6.42. The Morgan fingerprint density at radius 2 is 1.72 bits per heavy atom. The molecule has 0 saturated carbocycles. The zero-order chi connectivity index (χ0) is 20.2. The van der Waals surface area contributed by atoms with E-state index in [-0.39, 0.29) is 12.5 Å². The van der Waals surface area contributed by atoms with Crippen molar-refractivity contribution >= 4 is 28.6 Å². The molecule has 3 aromatic carbocycles. The number of nitrogens with one attached hydrogen (secondary N) is 2. The Bertz CT molecular complexity index is 1150. The normalized spacial score (nSPS) is 10.8. The van der Waals surface area contributed by atoms with Crippen molar-refractivity contribution in [1.29, 1.82) is 0 Å². The molecule has 146 valence electrons. The van der Waals surface area contributed by atoms with Crippen LogP contribution in [0.15, 0.2) is 72.8 Å². The van der Waals surface area contributed by atoms with Gasteiger partial charge in [0.25, 0.3) is 0 Å². The number of carbonyl (C=O) groups is 1. The number of benzene rings is 3. The van der Waals surface area contributed by atoms with Crippen molar-refractivity contribution in [3.05, 3.63) is 89.5 Å². The highest BCUT2D eigenvalue weighted by molar-refractivity contribution is 5.93. The van der Waals surface area contributed by atoms with Crippen LogP contribution in [0.3, 0.4) is 0 Å². The summed E-state index contributed by atoms with van der Waals surface area (Å²) in [7, 11) is 0. The van der Waals surface area contributed by atoms with Crippen molar-refractivity contribution in [3.8, 4) is 0 Å². The summed E-state index contributed by atoms with van der Waals surface area (Å²) in [5.74, 6) is 0.607. The van der Waals surface area contributed by atoms with E-state index in [2.05, 4.69) is 22.8 Å². The van der Waals surface area contributed by atoms with Gasteiger partial charge in [0.1, 0.15) is 6.54 Å². The van der Waals surface area contributed by atoms with Gasteiger partial charge >= 0.3 is 0 Å². The lowest BCUT2D eigenvalue weighted by atomic mass is 10.1. The van der Waals surface area contributed by atoms with Crippen molar-refractivity contribution in [2.24, 2.45) is 0 Å². The minimum Gasteiger partial charge on any atom is -0.352 e. The molecular weight excluding hydrogens is 360 g/mol. The van der Waals surface area contributed by atoms with Crippen LogP contribution in [0.2, 0.25) is 0 Å². The van der Waals surface area contributed by atoms with Crippen LogP contribution in [-0.4, -0.2) is 15.5 Å². The van der Waals surface area contributed by atoms with Crippen molar-refractivity contribution in [2.45, 2.75) is 26.9 Å². The lowest BCUT2D eigenvalue weighted by Crippen LogP contribution is -2.20. The van der Waals surface area contributed by atoms with E-state index in [0.717, 1.165) is 33.4 Å². The highest BCUT2D eigenvalue weighted by Crippen LogP contribution is 2.21. The first-order valence-corrected chi connectivity index (χ1v) is 9.70. The largest absolute Gasteiger partial charge is 0.352 e. The zero-order valence-corrected chi connectivity index (χ0v) is 16.6.